The van der Waals surface area contributed by atoms with Crippen molar-refractivity contribution >= 4 is 39.1 Å². The molecule has 0 aliphatic carbocycles. The second-order valence-electron chi connectivity index (χ2n) is 4.04. The van der Waals surface area contributed by atoms with Crippen LogP contribution in [0.25, 0.3) is 0 Å². The van der Waals surface area contributed by atoms with Crippen molar-refractivity contribution in [2.24, 2.45) is 0 Å². The van der Waals surface area contributed by atoms with E-state index in [9.17, 15) is 8.78 Å². The third-order valence-corrected chi connectivity index (χ3v) is 3.98. The van der Waals surface area contributed by atoms with Crippen LogP contribution in [0.1, 0.15) is 16.5 Å². The molecule has 0 aliphatic rings. The van der Waals surface area contributed by atoms with Gasteiger partial charge in [0.1, 0.15) is 11.6 Å². The minimum absolute atomic E-state index is 0.131. The Kier molecular flexibility index (Phi) is 4.82. The first kappa shape index (κ1) is 14.8. The van der Waals surface area contributed by atoms with E-state index in [0.29, 0.717) is 20.6 Å². The van der Waals surface area contributed by atoms with E-state index in [0.717, 1.165) is 0 Å². The van der Waals surface area contributed by atoms with Crippen LogP contribution in [0.15, 0.2) is 40.9 Å². The fourth-order valence-electron chi connectivity index (χ4n) is 1.77. The molecule has 1 atom stereocenters. The molecule has 0 spiro atoms. The van der Waals surface area contributed by atoms with Crippen LogP contribution in [-0.4, -0.2) is 0 Å². The summed E-state index contributed by atoms with van der Waals surface area (Å²) < 4.78 is 28.0. The predicted molar refractivity (Wildman–Crippen MR) is 77.8 cm³/mol. The van der Waals surface area contributed by atoms with Crippen molar-refractivity contribution in [1.29, 1.82) is 0 Å². The molecule has 0 heterocycles. The Labute approximate surface area is 128 Å². The van der Waals surface area contributed by atoms with Gasteiger partial charge in [0, 0.05) is 20.6 Å². The Balaban J connectivity index is 2.28. The quantitative estimate of drug-likeness (QED) is 0.593. The van der Waals surface area contributed by atoms with Gasteiger partial charge < -0.3 is 0 Å². The molecular formula is C14H9BrCl2F2. The van der Waals surface area contributed by atoms with Crippen molar-refractivity contribution in [3.63, 3.8) is 0 Å². The van der Waals surface area contributed by atoms with Gasteiger partial charge in [-0.2, -0.15) is 0 Å². The van der Waals surface area contributed by atoms with E-state index in [1.54, 1.807) is 18.2 Å². The highest BCUT2D eigenvalue weighted by atomic mass is 79.9. The number of halogens is 5. The molecule has 0 saturated heterocycles. The van der Waals surface area contributed by atoms with Gasteiger partial charge in [-0.15, -0.1) is 11.6 Å². The molecule has 0 saturated carbocycles. The third-order valence-electron chi connectivity index (χ3n) is 2.74. The SMILES string of the molecule is Fc1cc(Br)ccc1C(Cl)Cc1c(F)cccc1Cl. The second-order valence-corrected chi connectivity index (χ2v) is 5.89. The Morgan fingerprint density at radius 3 is 2.47 bits per heavy atom. The summed E-state index contributed by atoms with van der Waals surface area (Å²) in [5.74, 6) is -0.863. The molecule has 19 heavy (non-hydrogen) atoms. The summed E-state index contributed by atoms with van der Waals surface area (Å²) in [6.45, 7) is 0. The molecule has 0 radical (unpaired) electrons. The molecule has 2 aromatic carbocycles. The van der Waals surface area contributed by atoms with E-state index in [1.807, 2.05) is 0 Å². The van der Waals surface area contributed by atoms with Crippen LogP contribution < -0.4 is 0 Å². The van der Waals surface area contributed by atoms with E-state index in [2.05, 4.69) is 15.9 Å². The standard InChI is InChI=1S/C14H9BrCl2F2/c15-8-4-5-9(14(19)6-8)12(17)7-10-11(16)2-1-3-13(10)18/h1-6,12H,7H2. The van der Waals surface area contributed by atoms with Crippen LogP contribution >= 0.6 is 39.1 Å². The molecule has 0 amide bonds. The summed E-state index contributed by atoms with van der Waals surface area (Å²) >= 11 is 15.3. The predicted octanol–water partition coefficient (Wildman–Crippen LogP) is 5.90. The zero-order valence-corrected chi connectivity index (χ0v) is 12.7. The van der Waals surface area contributed by atoms with Crippen molar-refractivity contribution in [3.05, 3.63) is 68.7 Å². The van der Waals surface area contributed by atoms with Crippen LogP contribution in [0.3, 0.4) is 0 Å². The Hall–Kier alpha value is -0.640. The van der Waals surface area contributed by atoms with Gasteiger partial charge in [0.2, 0.25) is 0 Å². The molecule has 1 unspecified atom stereocenters. The largest absolute Gasteiger partial charge is 0.207 e. The number of alkyl halides is 1. The topological polar surface area (TPSA) is 0 Å². The highest BCUT2D eigenvalue weighted by Crippen LogP contribution is 2.32. The number of benzene rings is 2. The van der Waals surface area contributed by atoms with Gasteiger partial charge in [-0.05, 0) is 30.7 Å². The van der Waals surface area contributed by atoms with Crippen molar-refractivity contribution in [3.8, 4) is 0 Å². The smallest absolute Gasteiger partial charge is 0.129 e. The van der Waals surface area contributed by atoms with E-state index < -0.39 is 17.0 Å². The van der Waals surface area contributed by atoms with Crippen molar-refractivity contribution in [2.75, 3.05) is 0 Å². The third kappa shape index (κ3) is 3.47. The van der Waals surface area contributed by atoms with E-state index in [4.69, 9.17) is 23.2 Å². The highest BCUT2D eigenvalue weighted by Gasteiger charge is 2.17. The number of hydrogen-bond acceptors (Lipinski definition) is 0. The highest BCUT2D eigenvalue weighted by molar-refractivity contribution is 9.10. The van der Waals surface area contributed by atoms with Crippen LogP contribution in [0, 0.1) is 11.6 Å². The maximum Gasteiger partial charge on any atom is 0.129 e. The molecule has 0 bridgehead atoms. The Morgan fingerprint density at radius 1 is 1.11 bits per heavy atom. The van der Waals surface area contributed by atoms with Crippen LogP contribution in [0.4, 0.5) is 8.78 Å². The Bertz CT molecular complexity index is 582. The van der Waals surface area contributed by atoms with Gasteiger partial charge in [-0.3, -0.25) is 0 Å². The lowest BCUT2D eigenvalue weighted by Gasteiger charge is -2.13. The lowest BCUT2D eigenvalue weighted by Crippen LogP contribution is -2.02. The number of hydrogen-bond donors (Lipinski definition) is 0. The fourth-order valence-corrected chi connectivity index (χ4v) is 2.68. The molecule has 0 fully saturated rings. The van der Waals surface area contributed by atoms with Crippen LogP contribution in [0.2, 0.25) is 5.02 Å². The van der Waals surface area contributed by atoms with Crippen molar-refractivity contribution in [1.82, 2.24) is 0 Å². The maximum absolute atomic E-state index is 13.8. The van der Waals surface area contributed by atoms with Gasteiger partial charge in [0.25, 0.3) is 0 Å². The summed E-state index contributed by atoms with van der Waals surface area (Å²) in [5, 5.41) is -0.384. The number of rotatable bonds is 3. The maximum atomic E-state index is 13.8. The summed E-state index contributed by atoms with van der Waals surface area (Å²) in [6, 6.07) is 9.01. The molecule has 0 N–H and O–H groups in total. The lowest BCUT2D eigenvalue weighted by atomic mass is 10.0. The molecule has 2 aromatic rings. The van der Waals surface area contributed by atoms with Crippen molar-refractivity contribution < 1.29 is 8.78 Å². The summed E-state index contributed by atoms with van der Waals surface area (Å²) in [6.07, 6.45) is 0.131. The monoisotopic (exact) mass is 364 g/mol. The van der Waals surface area contributed by atoms with E-state index in [-0.39, 0.29) is 6.42 Å². The van der Waals surface area contributed by atoms with Gasteiger partial charge in [0.15, 0.2) is 0 Å². The van der Waals surface area contributed by atoms with Gasteiger partial charge in [0.05, 0.1) is 5.38 Å². The first-order valence-electron chi connectivity index (χ1n) is 5.51. The summed E-state index contributed by atoms with van der Waals surface area (Å²) in [4.78, 5) is 0. The minimum Gasteiger partial charge on any atom is -0.207 e. The normalized spacial score (nSPS) is 12.5. The average molecular weight is 366 g/mol. The zero-order chi connectivity index (χ0) is 14.0. The first-order valence-corrected chi connectivity index (χ1v) is 7.11. The van der Waals surface area contributed by atoms with Gasteiger partial charge >= 0.3 is 0 Å². The van der Waals surface area contributed by atoms with Crippen molar-refractivity contribution in [2.45, 2.75) is 11.8 Å². The average Bonchev–Trinajstić information content (AvgIpc) is 2.33. The van der Waals surface area contributed by atoms with Crippen LogP contribution in [0.5, 0.6) is 0 Å². The molecule has 5 heteroatoms. The van der Waals surface area contributed by atoms with Gasteiger partial charge in [-0.25, -0.2) is 8.78 Å². The van der Waals surface area contributed by atoms with Crippen LogP contribution in [-0.2, 0) is 6.42 Å². The summed E-state index contributed by atoms with van der Waals surface area (Å²) in [5.41, 5.74) is 0.621. The molecule has 2 rings (SSSR count). The molecule has 0 nitrogen and oxygen atoms in total. The molecular weight excluding hydrogens is 357 g/mol. The van der Waals surface area contributed by atoms with E-state index >= 15 is 0 Å². The zero-order valence-electron chi connectivity index (χ0n) is 9.64. The molecule has 0 aromatic heterocycles. The molecule has 100 valence electrons. The van der Waals surface area contributed by atoms with Gasteiger partial charge in [-0.1, -0.05) is 39.7 Å². The van der Waals surface area contributed by atoms with E-state index in [1.165, 1.54) is 18.2 Å². The lowest BCUT2D eigenvalue weighted by molar-refractivity contribution is 0.591. The minimum atomic E-state index is -0.678. The molecule has 0 aliphatic heterocycles. The summed E-state index contributed by atoms with van der Waals surface area (Å²) in [7, 11) is 0. The fraction of sp³-hybridized carbons (Fsp3) is 0.143. The second kappa shape index (κ2) is 6.21. The first-order chi connectivity index (χ1) is 8.99. The Morgan fingerprint density at radius 2 is 1.84 bits per heavy atom.